The number of carbonyl (C=O) groups excluding carboxylic acids is 1. The molecule has 1 aromatic carbocycles. The minimum Gasteiger partial charge on any atom is -0.351 e. The molecule has 1 rings (SSSR count). The number of rotatable bonds is 4. The van der Waals surface area contributed by atoms with Crippen LogP contribution in [0.2, 0.25) is 0 Å². The number of nitrogens with one attached hydrogen (secondary N) is 1. The van der Waals surface area contributed by atoms with Gasteiger partial charge in [-0.2, -0.15) is 0 Å². The Kier molecular flexibility index (Phi) is 5.85. The highest BCUT2D eigenvalue weighted by molar-refractivity contribution is 9.10. The zero-order valence-electron chi connectivity index (χ0n) is 10.0. The zero-order valence-corrected chi connectivity index (χ0v) is 13.2. The summed E-state index contributed by atoms with van der Waals surface area (Å²) in [6, 6.07) is 4.09. The quantitative estimate of drug-likeness (QED) is 0.507. The van der Waals surface area contributed by atoms with Gasteiger partial charge >= 0.3 is 0 Å². The molecule has 0 aliphatic carbocycles. The molecular formula is C12H11BrClNO3S. The standard InChI is InChI=1S/C12H11BrClNO3S/c1-2-3-4-5-15-12(16)9-6-10(13)8-11(7-9)19(14,17)18/h6-8H,4-5H2,1H3,(H,15,16). The summed E-state index contributed by atoms with van der Waals surface area (Å²) in [4.78, 5) is 11.7. The van der Waals surface area contributed by atoms with Crippen LogP contribution in [0, 0.1) is 11.8 Å². The van der Waals surface area contributed by atoms with Crippen LogP contribution >= 0.6 is 26.6 Å². The van der Waals surface area contributed by atoms with E-state index in [4.69, 9.17) is 10.7 Å². The number of benzene rings is 1. The third kappa shape index (κ3) is 5.23. The van der Waals surface area contributed by atoms with Crippen molar-refractivity contribution < 1.29 is 13.2 Å². The van der Waals surface area contributed by atoms with Crippen LogP contribution in [0.1, 0.15) is 23.7 Å². The maximum atomic E-state index is 11.8. The van der Waals surface area contributed by atoms with Crippen LogP contribution in [-0.2, 0) is 9.05 Å². The molecule has 0 heterocycles. The fourth-order valence-corrected chi connectivity index (χ4v) is 2.75. The number of amides is 1. The molecule has 1 N–H and O–H groups in total. The minimum absolute atomic E-state index is 0.123. The Hall–Kier alpha value is -1.03. The highest BCUT2D eigenvalue weighted by atomic mass is 79.9. The van der Waals surface area contributed by atoms with Gasteiger partial charge in [-0.15, -0.1) is 11.8 Å². The molecule has 0 fully saturated rings. The van der Waals surface area contributed by atoms with Crippen LogP contribution in [0.4, 0.5) is 0 Å². The number of hydrogen-bond acceptors (Lipinski definition) is 3. The molecule has 7 heteroatoms. The second-order valence-electron chi connectivity index (χ2n) is 3.55. The highest BCUT2D eigenvalue weighted by Gasteiger charge is 2.15. The van der Waals surface area contributed by atoms with E-state index in [1.54, 1.807) is 6.92 Å². The lowest BCUT2D eigenvalue weighted by molar-refractivity contribution is 0.0954. The van der Waals surface area contributed by atoms with E-state index in [2.05, 4.69) is 33.1 Å². The molecule has 1 aromatic rings. The predicted molar refractivity (Wildman–Crippen MR) is 77.6 cm³/mol. The first-order chi connectivity index (χ1) is 8.84. The molecule has 0 bridgehead atoms. The Morgan fingerprint density at radius 2 is 2.11 bits per heavy atom. The minimum atomic E-state index is -3.87. The van der Waals surface area contributed by atoms with Gasteiger partial charge in [0.15, 0.2) is 0 Å². The molecule has 0 unspecified atom stereocenters. The summed E-state index contributed by atoms with van der Waals surface area (Å²) in [5.41, 5.74) is 0.220. The maximum Gasteiger partial charge on any atom is 0.261 e. The van der Waals surface area contributed by atoms with E-state index in [1.165, 1.54) is 18.2 Å². The van der Waals surface area contributed by atoms with Crippen LogP contribution in [-0.4, -0.2) is 20.9 Å². The van der Waals surface area contributed by atoms with Gasteiger partial charge in [-0.3, -0.25) is 4.79 Å². The van der Waals surface area contributed by atoms with Gasteiger partial charge < -0.3 is 5.32 Å². The first-order valence-corrected chi connectivity index (χ1v) is 8.38. The number of hydrogen-bond donors (Lipinski definition) is 1. The van der Waals surface area contributed by atoms with Crippen molar-refractivity contribution in [3.63, 3.8) is 0 Å². The lowest BCUT2D eigenvalue weighted by Gasteiger charge is -2.05. The zero-order chi connectivity index (χ0) is 14.5. The summed E-state index contributed by atoms with van der Waals surface area (Å²) in [5, 5.41) is 2.64. The van der Waals surface area contributed by atoms with E-state index in [9.17, 15) is 13.2 Å². The summed E-state index contributed by atoms with van der Waals surface area (Å²) in [6.07, 6.45) is 0.539. The van der Waals surface area contributed by atoms with Crippen molar-refractivity contribution in [2.24, 2.45) is 0 Å². The van der Waals surface area contributed by atoms with E-state index < -0.39 is 9.05 Å². The lowest BCUT2D eigenvalue weighted by atomic mass is 10.2. The Bertz CT molecular complexity index is 647. The Morgan fingerprint density at radius 3 is 2.68 bits per heavy atom. The fourth-order valence-electron chi connectivity index (χ4n) is 1.30. The van der Waals surface area contributed by atoms with Crippen molar-refractivity contribution in [1.82, 2.24) is 5.32 Å². The first kappa shape index (κ1) is 16.0. The Morgan fingerprint density at radius 1 is 1.42 bits per heavy atom. The smallest absolute Gasteiger partial charge is 0.261 e. The molecule has 0 aliphatic heterocycles. The van der Waals surface area contributed by atoms with Crippen LogP contribution < -0.4 is 5.32 Å². The van der Waals surface area contributed by atoms with E-state index in [1.807, 2.05) is 0 Å². The van der Waals surface area contributed by atoms with Crippen molar-refractivity contribution in [2.75, 3.05) is 6.54 Å². The molecule has 0 saturated heterocycles. The van der Waals surface area contributed by atoms with E-state index >= 15 is 0 Å². The van der Waals surface area contributed by atoms with Gasteiger partial charge in [0.25, 0.3) is 15.0 Å². The van der Waals surface area contributed by atoms with Crippen molar-refractivity contribution in [3.05, 3.63) is 28.2 Å². The van der Waals surface area contributed by atoms with Gasteiger partial charge in [0.1, 0.15) is 0 Å². The third-order valence-electron chi connectivity index (χ3n) is 2.13. The average Bonchev–Trinajstić information content (AvgIpc) is 2.32. The Labute approximate surface area is 125 Å². The van der Waals surface area contributed by atoms with Crippen LogP contribution in [0.15, 0.2) is 27.6 Å². The van der Waals surface area contributed by atoms with Crippen LogP contribution in [0.5, 0.6) is 0 Å². The van der Waals surface area contributed by atoms with Crippen molar-refractivity contribution in [3.8, 4) is 11.8 Å². The SMILES string of the molecule is CC#CCCNC(=O)c1cc(Br)cc(S(=O)(=O)Cl)c1. The fraction of sp³-hybridized carbons (Fsp3) is 0.250. The molecule has 0 saturated carbocycles. The summed E-state index contributed by atoms with van der Waals surface area (Å²) < 4.78 is 23.0. The van der Waals surface area contributed by atoms with Gasteiger partial charge in [-0.25, -0.2) is 8.42 Å². The van der Waals surface area contributed by atoms with E-state index in [0.29, 0.717) is 17.4 Å². The van der Waals surface area contributed by atoms with Crippen LogP contribution in [0.3, 0.4) is 0 Å². The van der Waals surface area contributed by atoms with E-state index in [-0.39, 0.29) is 16.4 Å². The normalized spacial score (nSPS) is 10.5. The second-order valence-corrected chi connectivity index (χ2v) is 7.03. The molecule has 19 heavy (non-hydrogen) atoms. The molecule has 4 nitrogen and oxygen atoms in total. The summed E-state index contributed by atoms with van der Waals surface area (Å²) in [5.74, 6) is 5.15. The second kappa shape index (κ2) is 6.94. The lowest BCUT2D eigenvalue weighted by Crippen LogP contribution is -2.24. The van der Waals surface area contributed by atoms with Crippen molar-refractivity contribution in [1.29, 1.82) is 0 Å². The predicted octanol–water partition coefficient (Wildman–Crippen LogP) is 2.52. The summed E-state index contributed by atoms with van der Waals surface area (Å²) >= 11 is 3.14. The largest absolute Gasteiger partial charge is 0.351 e. The summed E-state index contributed by atoms with van der Waals surface area (Å²) in [7, 11) is 1.38. The average molecular weight is 365 g/mol. The van der Waals surface area contributed by atoms with Gasteiger partial charge in [-0.1, -0.05) is 15.9 Å². The molecular weight excluding hydrogens is 354 g/mol. The number of halogens is 2. The maximum absolute atomic E-state index is 11.8. The van der Waals surface area contributed by atoms with Crippen molar-refractivity contribution in [2.45, 2.75) is 18.2 Å². The molecule has 0 aromatic heterocycles. The van der Waals surface area contributed by atoms with Gasteiger partial charge in [0.2, 0.25) is 0 Å². The molecule has 0 aliphatic rings. The monoisotopic (exact) mass is 363 g/mol. The molecule has 0 radical (unpaired) electrons. The molecule has 0 atom stereocenters. The molecule has 102 valence electrons. The Balaban J connectivity index is 2.91. The molecule has 1 amide bonds. The van der Waals surface area contributed by atoms with Gasteiger partial charge in [-0.05, 0) is 25.1 Å². The van der Waals surface area contributed by atoms with Crippen molar-refractivity contribution >= 4 is 41.6 Å². The van der Waals surface area contributed by atoms with Gasteiger partial charge in [0, 0.05) is 33.7 Å². The van der Waals surface area contributed by atoms with E-state index in [0.717, 1.165) is 0 Å². The van der Waals surface area contributed by atoms with Crippen LogP contribution in [0.25, 0.3) is 0 Å². The molecule has 0 spiro atoms. The highest BCUT2D eigenvalue weighted by Crippen LogP contribution is 2.22. The third-order valence-corrected chi connectivity index (χ3v) is 3.92. The van der Waals surface area contributed by atoms with Gasteiger partial charge in [0.05, 0.1) is 4.90 Å². The summed E-state index contributed by atoms with van der Waals surface area (Å²) in [6.45, 7) is 2.11. The topological polar surface area (TPSA) is 63.2 Å². The first-order valence-electron chi connectivity index (χ1n) is 5.27. The number of carbonyl (C=O) groups is 1.